The number of alkyl halides is 1. The average Bonchev–Trinajstić information content (AvgIpc) is 3.19. The normalized spacial score (nSPS) is 14.5. The number of rotatable bonds is 11. The van der Waals surface area contributed by atoms with Crippen LogP contribution in [0.15, 0.2) is 48.5 Å². The van der Waals surface area contributed by atoms with E-state index in [-0.39, 0.29) is 24.7 Å². The number of benzene rings is 2. The summed E-state index contributed by atoms with van der Waals surface area (Å²) in [5.74, 6) is 18.1. The Morgan fingerprint density at radius 1 is 0.790 bits per heavy atom. The van der Waals surface area contributed by atoms with Crippen LogP contribution in [0, 0.1) is 47.4 Å². The molecule has 2 aromatic carbocycles. The van der Waals surface area contributed by atoms with Gasteiger partial charge in [0.05, 0.1) is 45.5 Å². The van der Waals surface area contributed by atoms with Gasteiger partial charge in [0.15, 0.2) is 11.2 Å². The number of ether oxygens (including phenoxy) is 4. The molecule has 3 atom stereocenters. The van der Waals surface area contributed by atoms with E-state index >= 15 is 0 Å². The van der Waals surface area contributed by atoms with Crippen molar-refractivity contribution in [1.82, 2.24) is 16.0 Å². The van der Waals surface area contributed by atoms with Crippen molar-refractivity contribution in [1.29, 1.82) is 0 Å². The molecule has 17 heteroatoms. The van der Waals surface area contributed by atoms with Crippen molar-refractivity contribution >= 4 is 41.4 Å². The lowest BCUT2D eigenvalue weighted by atomic mass is 9.94. The molecule has 0 spiro atoms. The summed E-state index contributed by atoms with van der Waals surface area (Å²) in [4.78, 5) is 61.7. The van der Waals surface area contributed by atoms with E-state index in [9.17, 15) is 34.2 Å². The lowest BCUT2D eigenvalue weighted by molar-refractivity contribution is -0.145. The maximum Gasteiger partial charge on any atom is 0.408 e. The lowest BCUT2D eigenvalue weighted by Gasteiger charge is -2.34. The minimum absolute atomic E-state index is 0.169. The SMILES string of the molecule is COC(=O)[C@@H](NC(=O)c1ccc(C#CC#CC(O)(CO)CCl)cc1)C(C)(C)N.COC(=O)[C@@H](NC(=O)c1ccc(C#CC#CC2(O)COC2)cc1)C(C)(C)NC(=O)OC(C)(C)C. The Morgan fingerprint density at radius 2 is 1.24 bits per heavy atom. The molecule has 62 heavy (non-hydrogen) atoms. The Balaban J connectivity index is 0.000000435. The number of esters is 2. The summed E-state index contributed by atoms with van der Waals surface area (Å²) in [6, 6.07) is 10.4. The first-order valence-corrected chi connectivity index (χ1v) is 19.4. The molecule has 1 aliphatic heterocycles. The lowest BCUT2D eigenvalue weighted by Crippen LogP contribution is -2.62. The molecule has 1 fully saturated rings. The quantitative estimate of drug-likeness (QED) is 0.0732. The molecule has 0 saturated carbocycles. The first-order valence-electron chi connectivity index (χ1n) is 18.8. The maximum atomic E-state index is 12.8. The van der Waals surface area contributed by atoms with Gasteiger partial charge in [0.1, 0.15) is 17.7 Å². The zero-order valence-corrected chi connectivity index (χ0v) is 36.8. The van der Waals surface area contributed by atoms with Gasteiger partial charge < -0.3 is 56.0 Å². The Bertz CT molecular complexity index is 2170. The second-order valence-electron chi connectivity index (χ2n) is 16.0. The number of halogens is 1. The summed E-state index contributed by atoms with van der Waals surface area (Å²) in [5, 5.41) is 36.3. The maximum absolute atomic E-state index is 12.8. The molecule has 0 aliphatic carbocycles. The molecule has 0 radical (unpaired) electrons. The molecule has 3 amide bonds. The number of aliphatic hydroxyl groups is 3. The third-order valence-corrected chi connectivity index (χ3v) is 8.74. The van der Waals surface area contributed by atoms with Gasteiger partial charge in [0, 0.05) is 27.8 Å². The molecule has 16 nitrogen and oxygen atoms in total. The van der Waals surface area contributed by atoms with E-state index in [1.54, 1.807) is 84.9 Å². The van der Waals surface area contributed by atoms with Gasteiger partial charge in [-0.25, -0.2) is 14.4 Å². The number of carbonyl (C=O) groups is 5. The molecule has 332 valence electrons. The fourth-order valence-electron chi connectivity index (χ4n) is 4.78. The minimum Gasteiger partial charge on any atom is -0.467 e. The average molecular weight is 877 g/mol. The number of carbonyl (C=O) groups excluding carboxylic acids is 5. The van der Waals surface area contributed by atoms with E-state index < -0.39 is 76.4 Å². The number of amides is 3. The van der Waals surface area contributed by atoms with Crippen molar-refractivity contribution < 1.29 is 58.2 Å². The highest BCUT2D eigenvalue weighted by Crippen LogP contribution is 2.17. The fourth-order valence-corrected chi connectivity index (χ4v) is 4.93. The molecule has 1 aliphatic rings. The van der Waals surface area contributed by atoms with Crippen LogP contribution in [0.5, 0.6) is 0 Å². The number of hydrogen-bond donors (Lipinski definition) is 7. The van der Waals surface area contributed by atoms with E-state index in [1.807, 2.05) is 0 Å². The molecule has 1 heterocycles. The van der Waals surface area contributed by atoms with Gasteiger partial charge in [0.2, 0.25) is 0 Å². The van der Waals surface area contributed by atoms with Crippen molar-refractivity contribution in [3.63, 3.8) is 0 Å². The van der Waals surface area contributed by atoms with Gasteiger partial charge in [-0.05, 0) is 127 Å². The van der Waals surface area contributed by atoms with Crippen molar-refractivity contribution in [2.24, 2.45) is 5.73 Å². The Hall–Kier alpha value is -6.08. The molecular weight excluding hydrogens is 824 g/mol. The van der Waals surface area contributed by atoms with Crippen LogP contribution in [0.3, 0.4) is 0 Å². The first kappa shape index (κ1) is 52.1. The summed E-state index contributed by atoms with van der Waals surface area (Å²) in [7, 11) is 2.41. The third kappa shape index (κ3) is 17.1. The zero-order valence-electron chi connectivity index (χ0n) is 36.1. The van der Waals surface area contributed by atoms with Crippen LogP contribution in [0.2, 0.25) is 0 Å². The highest BCUT2D eigenvalue weighted by Gasteiger charge is 2.40. The summed E-state index contributed by atoms with van der Waals surface area (Å²) in [6.07, 6.45) is -0.733. The van der Waals surface area contributed by atoms with Crippen LogP contribution < -0.4 is 21.7 Å². The molecule has 3 rings (SSSR count). The first-order chi connectivity index (χ1) is 28.8. The van der Waals surface area contributed by atoms with E-state index in [4.69, 9.17) is 36.7 Å². The highest BCUT2D eigenvalue weighted by atomic mass is 35.5. The number of aliphatic hydroxyl groups excluding tert-OH is 1. The standard InChI is InChI=1S/C25H30N2O7.C20H23ClN2O5/c1-23(2,3)34-22(30)27-24(4,5)19(21(29)32-6)26-20(28)18-12-10-17(11-13-18)9-7-8-14-25(31)15-33-16-25;1-19(2,22)16(18(26)28-3)23-17(25)15-9-7-14(8-10-15)6-4-5-11-20(27,12-21)13-24/h10-13,19,31H,15-16H2,1-6H3,(H,26,28)(H,27,30);7-10,16,24,27H,12-13,22H2,1-3H3,(H,23,25)/t19-;16-,20?/m11/s1. The molecule has 1 unspecified atom stereocenters. The molecule has 0 bridgehead atoms. The van der Waals surface area contributed by atoms with Crippen LogP contribution in [-0.2, 0) is 28.5 Å². The van der Waals surface area contributed by atoms with Crippen molar-refractivity contribution in [2.45, 2.75) is 88.4 Å². The van der Waals surface area contributed by atoms with E-state index in [1.165, 1.54) is 26.4 Å². The fraction of sp³-hybridized carbons (Fsp3) is 0.444. The number of nitrogens with one attached hydrogen (secondary N) is 3. The second kappa shape index (κ2) is 22.7. The monoisotopic (exact) mass is 876 g/mol. The van der Waals surface area contributed by atoms with Crippen molar-refractivity contribution in [3.05, 3.63) is 70.8 Å². The Morgan fingerprint density at radius 3 is 1.63 bits per heavy atom. The van der Waals surface area contributed by atoms with Gasteiger partial charge >= 0.3 is 18.0 Å². The van der Waals surface area contributed by atoms with Crippen LogP contribution in [0.25, 0.3) is 0 Å². The topological polar surface area (TPSA) is 245 Å². The van der Waals surface area contributed by atoms with E-state index in [0.717, 1.165) is 0 Å². The van der Waals surface area contributed by atoms with Gasteiger partial charge in [-0.3, -0.25) is 9.59 Å². The van der Waals surface area contributed by atoms with Crippen LogP contribution in [-0.4, -0.2) is 125 Å². The van der Waals surface area contributed by atoms with E-state index in [2.05, 4.69) is 68.1 Å². The summed E-state index contributed by atoms with van der Waals surface area (Å²) >= 11 is 5.51. The molecule has 0 aromatic heterocycles. The van der Waals surface area contributed by atoms with Crippen LogP contribution in [0.4, 0.5) is 4.79 Å². The highest BCUT2D eigenvalue weighted by molar-refractivity contribution is 6.18. The second-order valence-corrected chi connectivity index (χ2v) is 16.3. The third-order valence-electron chi connectivity index (χ3n) is 8.30. The number of nitrogens with two attached hydrogens (primary N) is 1. The smallest absolute Gasteiger partial charge is 0.408 e. The summed E-state index contributed by atoms with van der Waals surface area (Å²) in [6.45, 7) is 11.2. The Kier molecular flexibility index (Phi) is 19.0. The predicted molar refractivity (Wildman–Crippen MR) is 229 cm³/mol. The molecule has 2 aromatic rings. The van der Waals surface area contributed by atoms with Gasteiger partial charge in [-0.2, -0.15) is 0 Å². The van der Waals surface area contributed by atoms with Crippen molar-refractivity contribution in [3.8, 4) is 47.4 Å². The number of hydrogen-bond acceptors (Lipinski definition) is 13. The molecule has 1 saturated heterocycles. The largest absolute Gasteiger partial charge is 0.467 e. The van der Waals surface area contributed by atoms with Crippen LogP contribution in [0.1, 0.15) is 80.3 Å². The minimum atomic E-state index is -1.69. The van der Waals surface area contributed by atoms with Crippen LogP contribution >= 0.6 is 11.6 Å². The molecular formula is C45H53ClN4O12. The van der Waals surface area contributed by atoms with Crippen molar-refractivity contribution in [2.75, 3.05) is 39.9 Å². The summed E-state index contributed by atoms with van der Waals surface area (Å²) < 4.78 is 19.7. The zero-order chi connectivity index (χ0) is 46.9. The predicted octanol–water partition coefficient (Wildman–Crippen LogP) is 1.39. The summed E-state index contributed by atoms with van der Waals surface area (Å²) in [5.41, 5.74) is 1.94. The van der Waals surface area contributed by atoms with Gasteiger partial charge in [-0.15, -0.1) is 11.6 Å². The number of alkyl carbamates (subject to hydrolysis) is 1. The van der Waals surface area contributed by atoms with Gasteiger partial charge in [-0.1, -0.05) is 17.8 Å². The molecule has 8 N–H and O–H groups in total. The number of methoxy groups -OCH3 is 2. The van der Waals surface area contributed by atoms with Gasteiger partial charge in [0.25, 0.3) is 11.8 Å². The Labute approximate surface area is 366 Å². The van der Waals surface area contributed by atoms with E-state index in [0.29, 0.717) is 16.7 Å².